The standard InChI is InChI=1S/C23H29N5O.C22H26FN5O/c1-4-18-13-21(23(29)27-11-7-5-6-8-16(27)3)25-22-14-20(26-28(18)22)19-10-9-17(24)12-15(19)2;1-3-16-12-20(22(29)27-10-6-4-5-7-14(27)2)25-21-13-19(26-28(16)21)17-11-15(24)8-9-18(17)23/h9-10,12-14,16H,4-8,11,24H2,1-3H3;8-9,11-14H,3-7,10,24H2,1-2H3. The number of nitrogen functional groups attached to an aromatic ring is 2. The number of nitrogens with zero attached hydrogens (tertiary/aromatic N) is 8. The number of aryl methyl sites for hydroxylation is 3. The molecule has 2 aliphatic rings. The number of anilines is 2. The Morgan fingerprint density at radius 3 is 1.64 bits per heavy atom. The van der Waals surface area contributed by atoms with Crippen LogP contribution in [0.2, 0.25) is 0 Å². The van der Waals surface area contributed by atoms with Crippen molar-refractivity contribution in [3.63, 3.8) is 0 Å². The van der Waals surface area contributed by atoms with Crippen molar-refractivity contribution in [2.45, 2.75) is 111 Å². The van der Waals surface area contributed by atoms with Gasteiger partial charge in [-0.2, -0.15) is 10.2 Å². The molecule has 12 nitrogen and oxygen atoms in total. The van der Waals surface area contributed by atoms with E-state index in [2.05, 4.69) is 30.9 Å². The van der Waals surface area contributed by atoms with Crippen LogP contribution in [0.4, 0.5) is 15.8 Å². The number of benzene rings is 2. The van der Waals surface area contributed by atoms with E-state index in [0.717, 1.165) is 91.9 Å². The number of fused-ring (bicyclic) bond motifs is 2. The van der Waals surface area contributed by atoms with Crippen LogP contribution in [0.1, 0.15) is 117 Å². The van der Waals surface area contributed by atoms with E-state index in [1.54, 1.807) is 22.7 Å². The van der Waals surface area contributed by atoms with Crippen LogP contribution in [-0.2, 0) is 12.8 Å². The van der Waals surface area contributed by atoms with Crippen molar-refractivity contribution in [1.29, 1.82) is 0 Å². The Morgan fingerprint density at radius 2 is 1.14 bits per heavy atom. The number of halogens is 1. The third kappa shape index (κ3) is 8.39. The number of carbonyl (C=O) groups excluding carboxylic acids is 2. The monoisotopic (exact) mass is 786 g/mol. The van der Waals surface area contributed by atoms with Gasteiger partial charge < -0.3 is 21.3 Å². The molecule has 0 spiro atoms. The molecule has 0 radical (unpaired) electrons. The first-order valence-corrected chi connectivity index (χ1v) is 20.8. The van der Waals surface area contributed by atoms with E-state index in [0.29, 0.717) is 46.0 Å². The molecule has 8 rings (SSSR count). The van der Waals surface area contributed by atoms with E-state index in [1.165, 1.54) is 25.0 Å². The summed E-state index contributed by atoms with van der Waals surface area (Å²) in [7, 11) is 0. The van der Waals surface area contributed by atoms with Gasteiger partial charge in [-0.25, -0.2) is 23.4 Å². The van der Waals surface area contributed by atoms with Gasteiger partial charge in [0, 0.05) is 71.2 Å². The summed E-state index contributed by atoms with van der Waals surface area (Å²) in [5.74, 6) is -0.409. The van der Waals surface area contributed by atoms with E-state index in [-0.39, 0.29) is 23.9 Å². The summed E-state index contributed by atoms with van der Waals surface area (Å²) >= 11 is 0. The highest BCUT2D eigenvalue weighted by Gasteiger charge is 2.27. The average molecular weight is 787 g/mol. The number of rotatable bonds is 6. The number of aromatic nitrogens is 6. The van der Waals surface area contributed by atoms with Gasteiger partial charge >= 0.3 is 0 Å². The lowest BCUT2D eigenvalue weighted by atomic mass is 10.1. The molecule has 13 heteroatoms. The fourth-order valence-electron chi connectivity index (χ4n) is 8.22. The quantitative estimate of drug-likeness (QED) is 0.160. The Kier molecular flexibility index (Phi) is 12.1. The van der Waals surface area contributed by atoms with Gasteiger partial charge in [0.25, 0.3) is 11.8 Å². The Hall–Kier alpha value is -5.85. The molecule has 304 valence electrons. The molecule has 0 aliphatic carbocycles. The predicted octanol–water partition coefficient (Wildman–Crippen LogP) is 8.34. The molecule has 0 bridgehead atoms. The second-order valence-electron chi connectivity index (χ2n) is 15.8. The number of hydrogen-bond acceptors (Lipinski definition) is 8. The molecule has 4 aromatic heterocycles. The van der Waals surface area contributed by atoms with Gasteiger partial charge in [-0.05, 0) is 107 Å². The Labute approximate surface area is 339 Å². The summed E-state index contributed by atoms with van der Waals surface area (Å²) in [5, 5.41) is 9.31. The minimum atomic E-state index is -0.393. The lowest BCUT2D eigenvalue weighted by molar-refractivity contribution is 0.0684. The second kappa shape index (κ2) is 17.3. The van der Waals surface area contributed by atoms with Crippen molar-refractivity contribution in [1.82, 2.24) is 39.0 Å². The van der Waals surface area contributed by atoms with Crippen LogP contribution < -0.4 is 11.5 Å². The van der Waals surface area contributed by atoms with Crippen LogP contribution in [0.3, 0.4) is 0 Å². The molecular weight excluding hydrogens is 732 g/mol. The van der Waals surface area contributed by atoms with Gasteiger partial charge in [-0.15, -0.1) is 0 Å². The van der Waals surface area contributed by atoms with Gasteiger partial charge in [0.15, 0.2) is 11.3 Å². The minimum absolute atomic E-state index is 0.0306. The summed E-state index contributed by atoms with van der Waals surface area (Å²) < 4.78 is 17.8. The summed E-state index contributed by atoms with van der Waals surface area (Å²) in [6.45, 7) is 11.9. The van der Waals surface area contributed by atoms with E-state index in [9.17, 15) is 14.0 Å². The van der Waals surface area contributed by atoms with Crippen LogP contribution in [0.5, 0.6) is 0 Å². The molecule has 2 fully saturated rings. The molecule has 6 aromatic rings. The Bertz CT molecular complexity index is 2460. The smallest absolute Gasteiger partial charge is 0.272 e. The van der Waals surface area contributed by atoms with E-state index in [1.807, 2.05) is 58.5 Å². The lowest BCUT2D eigenvalue weighted by Crippen LogP contribution is -2.38. The van der Waals surface area contributed by atoms with Crippen molar-refractivity contribution in [2.75, 3.05) is 24.6 Å². The second-order valence-corrected chi connectivity index (χ2v) is 15.8. The zero-order valence-electron chi connectivity index (χ0n) is 34.3. The molecule has 4 N–H and O–H groups in total. The fourth-order valence-corrected chi connectivity index (χ4v) is 8.22. The maximum Gasteiger partial charge on any atom is 0.272 e. The van der Waals surface area contributed by atoms with Crippen molar-refractivity contribution < 1.29 is 14.0 Å². The summed E-state index contributed by atoms with van der Waals surface area (Å²) in [6.07, 6.45) is 10.3. The molecule has 2 unspecified atom stereocenters. The maximum absolute atomic E-state index is 14.3. The number of amides is 2. The summed E-state index contributed by atoms with van der Waals surface area (Å²) in [6, 6.07) is 18.1. The normalized spacial score (nSPS) is 17.5. The SMILES string of the molecule is CCc1cc(C(=O)N2CCCCCC2C)nc2cc(-c3cc(N)ccc3F)nn12.CCc1cc(C(=O)N2CCCCCC2C)nc2cc(-c3ccc(N)cc3C)nn12. The highest BCUT2D eigenvalue weighted by atomic mass is 19.1. The fraction of sp³-hybridized carbons (Fsp3) is 0.422. The van der Waals surface area contributed by atoms with Crippen LogP contribution in [0, 0.1) is 12.7 Å². The first-order chi connectivity index (χ1) is 27.9. The summed E-state index contributed by atoms with van der Waals surface area (Å²) in [4.78, 5) is 39.7. The van der Waals surface area contributed by atoms with Crippen LogP contribution in [0.15, 0.2) is 60.7 Å². The molecule has 6 heterocycles. The molecule has 2 aromatic carbocycles. The highest BCUT2D eigenvalue weighted by Crippen LogP contribution is 2.28. The molecule has 2 saturated heterocycles. The third-order valence-electron chi connectivity index (χ3n) is 11.6. The minimum Gasteiger partial charge on any atom is -0.399 e. The zero-order valence-corrected chi connectivity index (χ0v) is 34.3. The number of carbonyl (C=O) groups is 2. The van der Waals surface area contributed by atoms with Crippen LogP contribution >= 0.6 is 0 Å². The first-order valence-electron chi connectivity index (χ1n) is 20.8. The molecule has 0 saturated carbocycles. The van der Waals surface area contributed by atoms with Crippen molar-refractivity contribution in [3.05, 3.63) is 94.8 Å². The van der Waals surface area contributed by atoms with E-state index in [4.69, 9.17) is 21.5 Å². The van der Waals surface area contributed by atoms with Crippen molar-refractivity contribution in [3.8, 4) is 22.5 Å². The molecule has 2 amide bonds. The van der Waals surface area contributed by atoms with Gasteiger partial charge in [0.2, 0.25) is 0 Å². The maximum atomic E-state index is 14.3. The lowest BCUT2D eigenvalue weighted by Gasteiger charge is -2.27. The number of likely N-dealkylation sites (tertiary alicyclic amines) is 2. The van der Waals surface area contributed by atoms with E-state index < -0.39 is 5.82 Å². The van der Waals surface area contributed by atoms with Gasteiger partial charge in [-0.1, -0.05) is 45.6 Å². The molecular formula is C45H55FN10O2. The van der Waals surface area contributed by atoms with Crippen molar-refractivity contribution in [2.24, 2.45) is 0 Å². The Balaban J connectivity index is 0.000000177. The first kappa shape index (κ1) is 40.4. The topological polar surface area (TPSA) is 153 Å². The van der Waals surface area contributed by atoms with Crippen LogP contribution in [-0.4, -0.2) is 76.0 Å². The molecule has 2 aliphatic heterocycles. The van der Waals surface area contributed by atoms with Gasteiger partial charge in [-0.3, -0.25) is 9.59 Å². The highest BCUT2D eigenvalue weighted by molar-refractivity contribution is 5.94. The largest absolute Gasteiger partial charge is 0.399 e. The number of hydrogen-bond donors (Lipinski definition) is 2. The third-order valence-corrected chi connectivity index (χ3v) is 11.6. The average Bonchev–Trinajstić information content (AvgIpc) is 3.70. The van der Waals surface area contributed by atoms with Gasteiger partial charge in [0.05, 0.1) is 11.4 Å². The predicted molar refractivity (Wildman–Crippen MR) is 227 cm³/mol. The zero-order chi connectivity index (χ0) is 41.1. The van der Waals surface area contributed by atoms with Gasteiger partial charge in [0.1, 0.15) is 17.2 Å². The van der Waals surface area contributed by atoms with Crippen molar-refractivity contribution >= 4 is 34.5 Å². The van der Waals surface area contributed by atoms with E-state index >= 15 is 0 Å². The molecule has 58 heavy (non-hydrogen) atoms. The molecule has 2 atom stereocenters. The van der Waals surface area contributed by atoms with Crippen LogP contribution in [0.25, 0.3) is 33.8 Å². The Morgan fingerprint density at radius 1 is 0.655 bits per heavy atom. The summed E-state index contributed by atoms with van der Waals surface area (Å²) in [5.41, 5.74) is 20.7. The number of nitrogens with two attached hydrogens (primary N) is 2.